The molecule has 3 aliphatic heterocycles. The van der Waals surface area contributed by atoms with E-state index in [0.717, 1.165) is 90.0 Å². The van der Waals surface area contributed by atoms with Crippen LogP contribution in [0.2, 0.25) is 0 Å². The molecule has 80 heavy (non-hydrogen) atoms. The summed E-state index contributed by atoms with van der Waals surface area (Å²) in [6.07, 6.45) is 14.9. The zero-order chi connectivity index (χ0) is 58.5. The molecular weight excluding hydrogens is 993 g/mol. The quantitative estimate of drug-likeness (QED) is 0.123. The first-order valence-electron chi connectivity index (χ1n) is 28.4. The number of aromatic nitrogens is 9. The number of hydrogen-bond donors (Lipinski definition) is 0. The smallest absolute Gasteiger partial charge is 0.423 e. The van der Waals surface area contributed by atoms with Crippen molar-refractivity contribution in [2.24, 2.45) is 21.1 Å². The number of fused-ring (bicyclic) bond motifs is 9. The van der Waals surface area contributed by atoms with Crippen molar-refractivity contribution in [2.45, 2.75) is 55.3 Å². The zero-order valence-corrected chi connectivity index (χ0v) is 47.7. The number of furan rings is 3. The minimum absolute atomic E-state index is 0.0952. The lowest BCUT2D eigenvalue weighted by atomic mass is 9.50. The normalized spacial score (nSPS) is 14.7. The fraction of sp³-hybridized carbons (Fsp3) is 0.226. The van der Waals surface area contributed by atoms with Gasteiger partial charge in [-0.2, -0.15) is 9.27 Å². The van der Waals surface area contributed by atoms with Gasteiger partial charge in [-0.1, -0.05) is 59.5 Å². The summed E-state index contributed by atoms with van der Waals surface area (Å²) in [7, 11) is 12.1. The van der Waals surface area contributed by atoms with Gasteiger partial charge in [0, 0.05) is 86.4 Å². The van der Waals surface area contributed by atoms with Gasteiger partial charge in [0.15, 0.2) is 23.8 Å². The number of hydrogen-bond acceptors (Lipinski definition) is 9. The Morgan fingerprint density at radius 2 is 0.863 bits per heavy atom. The van der Waals surface area contributed by atoms with Gasteiger partial charge in [0.2, 0.25) is 17.1 Å². The Hall–Kier alpha value is -9.05. The van der Waals surface area contributed by atoms with Crippen molar-refractivity contribution in [1.29, 1.82) is 0 Å². The van der Waals surface area contributed by atoms with Crippen LogP contribution in [0.1, 0.15) is 70.3 Å². The monoisotopic (exact) mass is 1060 g/mol. The molecule has 0 unspecified atom stereocenters. The lowest BCUT2D eigenvalue weighted by Crippen LogP contribution is -2.66. The minimum atomic E-state index is -2.28. The van der Waals surface area contributed by atoms with Gasteiger partial charge < -0.3 is 27.7 Å². The molecular formula is C62H66B3N12O3+3. The summed E-state index contributed by atoms with van der Waals surface area (Å²) in [5.74, 6) is 3.92. The van der Waals surface area contributed by atoms with Crippen molar-refractivity contribution in [3.63, 3.8) is 0 Å². The first-order valence-corrected chi connectivity index (χ1v) is 26.9. The van der Waals surface area contributed by atoms with E-state index in [2.05, 4.69) is 164 Å². The highest BCUT2D eigenvalue weighted by Gasteiger charge is 2.46. The number of allylic oxidation sites excluding steroid dienone is 3. The minimum Gasteiger partial charge on any atom is -0.423 e. The summed E-state index contributed by atoms with van der Waals surface area (Å²) in [5, 5.41) is 3.12. The van der Waals surface area contributed by atoms with Gasteiger partial charge in [0.25, 0.3) is 11.6 Å². The van der Waals surface area contributed by atoms with Crippen LogP contribution in [0, 0.1) is 34.5 Å². The van der Waals surface area contributed by atoms with Crippen molar-refractivity contribution < 1.29 is 31.1 Å². The lowest BCUT2D eigenvalue weighted by Gasteiger charge is -2.28. The van der Waals surface area contributed by atoms with Gasteiger partial charge >= 0.3 is 20.7 Å². The van der Waals surface area contributed by atoms with E-state index < -0.39 is 6.85 Å². The van der Waals surface area contributed by atoms with E-state index in [0.29, 0.717) is 17.1 Å². The highest BCUT2D eigenvalue weighted by molar-refractivity contribution is 6.84. The number of pyridine rings is 3. The van der Waals surface area contributed by atoms with Crippen molar-refractivity contribution in [3.8, 4) is 11.4 Å². The maximum Gasteiger partial charge on any atom is 0.674 e. The second kappa shape index (κ2) is 20.0. The Morgan fingerprint density at radius 1 is 0.463 bits per heavy atom. The number of anilines is 3. The first-order chi connectivity index (χ1) is 39.7. The number of para-hydroxylation sites is 2. The molecule has 3 aliphatic rings. The van der Waals surface area contributed by atoms with Crippen LogP contribution < -0.4 is 39.3 Å². The average molecular weight is 1060 g/mol. The van der Waals surface area contributed by atoms with Crippen LogP contribution in [-0.2, 0) is 21.1 Å². The van der Waals surface area contributed by atoms with Gasteiger partial charge in [-0.15, -0.1) is 0 Å². The SMILES string of the molecule is CC1=Cc2c(oc3nc(C)ccc23)N(C)B1[n+]1cccn1C.CC1=Cc2c(oc3nc(C)ccc23)N(C)B1c1c[n+](-c2ccccc2)c(C)n1C.[2H]C([2H])([2H])c1n(C)c(B2C(C)=Cc3c(oc4nc(C)ccc34)N2C)c[n+]1-c1ccccc1. The van der Waals surface area contributed by atoms with E-state index in [1.54, 1.807) is 9.13 Å². The number of nitrogens with zero attached hydrogens (tertiary/aromatic N) is 12. The molecule has 0 bridgehead atoms. The van der Waals surface area contributed by atoms with Crippen LogP contribution in [0.3, 0.4) is 0 Å². The van der Waals surface area contributed by atoms with E-state index in [1.807, 2.05) is 121 Å². The molecule has 398 valence electrons. The fourth-order valence-corrected chi connectivity index (χ4v) is 11.9. The summed E-state index contributed by atoms with van der Waals surface area (Å²) in [6, 6.07) is 34.3. The van der Waals surface area contributed by atoms with E-state index in [4.69, 9.17) is 17.4 Å². The van der Waals surface area contributed by atoms with Crippen LogP contribution >= 0.6 is 0 Å². The summed E-state index contributed by atoms with van der Waals surface area (Å²) >= 11 is 0. The summed E-state index contributed by atoms with van der Waals surface area (Å²) < 4.78 is 55.3. The Morgan fingerprint density at radius 3 is 1.27 bits per heavy atom. The standard InChI is InChI=1S/2C23H24BN4O.C16H18BN4O/c2*1-15-13-20-19-12-11-16(2)25-22(19)29-23(20)27(5)24(15)21-14-28(17(3)26(21)4)18-9-7-6-8-10-18;1-11-10-14-13-7-6-12(2)18-15(13)22-16(14)20(4)17(11)21-9-5-8-19(21)3/h2*6-14H,1-5H3;5-10H,1-4H3/q3*+1/i3D3;;. The van der Waals surface area contributed by atoms with Crippen LogP contribution in [0.4, 0.5) is 17.7 Å². The van der Waals surface area contributed by atoms with Gasteiger partial charge in [-0.3, -0.25) is 0 Å². The molecule has 0 atom stereocenters. The molecule has 15 nitrogen and oxygen atoms in total. The van der Waals surface area contributed by atoms with Crippen molar-refractivity contribution in [1.82, 2.24) is 28.8 Å². The molecule has 14 rings (SSSR count). The van der Waals surface area contributed by atoms with Gasteiger partial charge in [0.1, 0.15) is 35.0 Å². The number of benzene rings is 2. The summed E-state index contributed by atoms with van der Waals surface area (Å²) in [5.41, 5.74) is 15.8. The third-order valence-electron chi connectivity index (χ3n) is 16.1. The lowest BCUT2D eigenvalue weighted by molar-refractivity contribution is -0.629. The predicted octanol–water partition coefficient (Wildman–Crippen LogP) is 8.89. The Labute approximate surface area is 472 Å². The maximum atomic E-state index is 8.18. The van der Waals surface area contributed by atoms with E-state index in [1.165, 1.54) is 22.4 Å². The highest BCUT2D eigenvalue weighted by atomic mass is 16.4. The Balaban J connectivity index is 0.000000125. The second-order valence-electron chi connectivity index (χ2n) is 21.5. The summed E-state index contributed by atoms with van der Waals surface area (Å²) in [4.78, 5) is 20.1. The molecule has 18 heteroatoms. The highest BCUT2D eigenvalue weighted by Crippen LogP contribution is 2.40. The van der Waals surface area contributed by atoms with Crippen molar-refractivity contribution >= 4 is 101 Å². The Bertz CT molecular complexity index is 4440. The molecule has 0 spiro atoms. The number of rotatable bonds is 5. The molecule has 12 heterocycles. The maximum absolute atomic E-state index is 8.18. The Kier molecular flexibility index (Phi) is 12.0. The van der Waals surface area contributed by atoms with Crippen molar-refractivity contribution in [2.75, 3.05) is 35.6 Å². The van der Waals surface area contributed by atoms with E-state index in [9.17, 15) is 0 Å². The average Bonchev–Trinajstić information content (AvgIpc) is 2.87. The van der Waals surface area contributed by atoms with E-state index in [-0.39, 0.29) is 26.5 Å². The molecule has 0 saturated carbocycles. The largest absolute Gasteiger partial charge is 0.674 e. The predicted molar refractivity (Wildman–Crippen MR) is 323 cm³/mol. The molecule has 0 N–H and O–H groups in total. The van der Waals surface area contributed by atoms with Gasteiger partial charge in [-0.25, -0.2) is 33.2 Å². The molecule has 0 amide bonds. The molecule has 2 aromatic carbocycles. The molecule has 0 fully saturated rings. The fourth-order valence-electron chi connectivity index (χ4n) is 11.9. The van der Waals surface area contributed by atoms with Crippen LogP contribution in [0.5, 0.6) is 0 Å². The summed E-state index contributed by atoms with van der Waals surface area (Å²) in [6.45, 7) is 12.2. The third kappa shape index (κ3) is 8.64. The van der Waals surface area contributed by atoms with Crippen LogP contribution in [-0.4, -0.2) is 70.6 Å². The molecule has 0 saturated heterocycles. The van der Waals surface area contributed by atoms with Gasteiger partial charge in [0.05, 0.1) is 27.3 Å². The zero-order valence-electron chi connectivity index (χ0n) is 50.7. The van der Waals surface area contributed by atoms with E-state index >= 15 is 0 Å². The molecule has 0 radical (unpaired) electrons. The number of imidazole rings is 2. The third-order valence-corrected chi connectivity index (χ3v) is 16.1. The van der Waals surface area contributed by atoms with Crippen LogP contribution in [0.25, 0.3) is 62.9 Å². The topological polar surface area (TPSA) is 114 Å². The van der Waals surface area contributed by atoms with Crippen molar-refractivity contribution in [3.05, 3.63) is 190 Å². The number of aryl methyl sites for hydroxylation is 4. The first kappa shape index (κ1) is 48.1. The van der Waals surface area contributed by atoms with Crippen LogP contribution in [0.15, 0.2) is 158 Å². The van der Waals surface area contributed by atoms with Gasteiger partial charge in [-0.05, 0) is 122 Å². The second-order valence-corrected chi connectivity index (χ2v) is 21.5. The molecule has 11 aromatic rings. The molecule has 9 aromatic heterocycles. The molecule has 0 aliphatic carbocycles.